The van der Waals surface area contributed by atoms with E-state index < -0.39 is 0 Å². The average molecular weight is 445 g/mol. The van der Waals surface area contributed by atoms with E-state index in [0.717, 1.165) is 54.1 Å². The third kappa shape index (κ3) is 4.18. The molecule has 0 saturated carbocycles. The number of aromatic nitrogens is 4. The van der Waals surface area contributed by atoms with Gasteiger partial charge in [-0.2, -0.15) is 0 Å². The van der Waals surface area contributed by atoms with Gasteiger partial charge in [0.25, 0.3) is 0 Å². The van der Waals surface area contributed by atoms with E-state index in [9.17, 15) is 4.79 Å². The number of aryl methyl sites for hydroxylation is 1. The lowest BCUT2D eigenvalue weighted by Crippen LogP contribution is -2.57. The molecule has 0 radical (unpaired) electrons. The minimum Gasteiger partial charge on any atom is -0.371 e. The Bertz CT molecular complexity index is 1160. The largest absolute Gasteiger partial charge is 0.371 e. The Morgan fingerprint density at radius 2 is 1.76 bits per heavy atom. The zero-order chi connectivity index (χ0) is 23.2. The number of hydrogen-bond acceptors (Lipinski definition) is 7. The number of carbonyl (C=O) groups excluding carboxylic acids is 1. The lowest BCUT2D eigenvalue weighted by molar-refractivity contribution is -0.133. The number of anilines is 3. The monoisotopic (exact) mass is 444 g/mol. The summed E-state index contributed by atoms with van der Waals surface area (Å²) >= 11 is 0. The minimum atomic E-state index is -0.185. The van der Waals surface area contributed by atoms with E-state index in [0.29, 0.717) is 11.6 Å². The van der Waals surface area contributed by atoms with Gasteiger partial charge >= 0.3 is 0 Å². The molecule has 2 aromatic heterocycles. The van der Waals surface area contributed by atoms with Gasteiger partial charge < -0.3 is 9.64 Å². The number of nitrogens with zero attached hydrogens (tertiary/aromatic N) is 6. The van der Waals surface area contributed by atoms with Crippen LogP contribution in [0.5, 0.6) is 0 Å². The van der Waals surface area contributed by atoms with E-state index in [4.69, 9.17) is 9.72 Å². The maximum Gasteiger partial charge on any atom is 0.219 e. The van der Waals surface area contributed by atoms with E-state index in [-0.39, 0.29) is 17.6 Å². The predicted molar refractivity (Wildman–Crippen MR) is 127 cm³/mol. The molecule has 3 aromatic rings. The van der Waals surface area contributed by atoms with Gasteiger partial charge in [-0.3, -0.25) is 14.7 Å². The van der Waals surface area contributed by atoms with E-state index in [1.165, 1.54) is 0 Å². The van der Waals surface area contributed by atoms with Crippen LogP contribution in [0.25, 0.3) is 11.1 Å². The summed E-state index contributed by atoms with van der Waals surface area (Å²) in [4.78, 5) is 34.1. The van der Waals surface area contributed by atoms with Crippen LogP contribution < -0.4 is 9.80 Å². The molecule has 3 fully saturated rings. The van der Waals surface area contributed by atoms with Crippen LogP contribution in [0.15, 0.2) is 43.0 Å². The highest BCUT2D eigenvalue weighted by Crippen LogP contribution is 2.38. The smallest absolute Gasteiger partial charge is 0.219 e. The van der Waals surface area contributed by atoms with Crippen LogP contribution in [0.4, 0.5) is 17.3 Å². The topological polar surface area (TPSA) is 84.3 Å². The van der Waals surface area contributed by atoms with Crippen LogP contribution >= 0.6 is 0 Å². The number of carbonyl (C=O) groups is 1. The summed E-state index contributed by atoms with van der Waals surface area (Å²) in [5, 5.41) is 0. The first-order chi connectivity index (χ1) is 15.8. The summed E-state index contributed by atoms with van der Waals surface area (Å²) in [6.07, 6.45) is 9.42. The molecule has 3 aliphatic rings. The van der Waals surface area contributed by atoms with E-state index in [1.807, 2.05) is 19.1 Å². The zero-order valence-corrected chi connectivity index (χ0v) is 19.4. The molecule has 3 aliphatic heterocycles. The number of benzene rings is 1. The van der Waals surface area contributed by atoms with Gasteiger partial charge in [0.1, 0.15) is 11.6 Å². The van der Waals surface area contributed by atoms with Crippen molar-refractivity contribution in [2.24, 2.45) is 0 Å². The molecule has 5 heterocycles. The van der Waals surface area contributed by atoms with Crippen LogP contribution in [-0.2, 0) is 14.9 Å². The van der Waals surface area contributed by atoms with E-state index >= 15 is 0 Å². The molecule has 0 N–H and O–H groups in total. The first-order valence-electron chi connectivity index (χ1n) is 11.2. The van der Waals surface area contributed by atoms with Crippen molar-refractivity contribution in [2.45, 2.75) is 51.7 Å². The zero-order valence-electron chi connectivity index (χ0n) is 19.4. The first kappa shape index (κ1) is 21.5. The number of rotatable bonds is 5. The molecule has 1 aromatic carbocycles. The van der Waals surface area contributed by atoms with Gasteiger partial charge in [0.15, 0.2) is 5.82 Å². The molecular weight excluding hydrogens is 416 g/mol. The second kappa shape index (κ2) is 8.19. The fourth-order valence-electron chi connectivity index (χ4n) is 4.48. The number of piperidine rings is 1. The van der Waals surface area contributed by atoms with Crippen LogP contribution in [0.1, 0.15) is 38.6 Å². The van der Waals surface area contributed by atoms with Crippen molar-refractivity contribution in [3.63, 3.8) is 0 Å². The minimum absolute atomic E-state index is 0.185. The van der Waals surface area contributed by atoms with Crippen molar-refractivity contribution in [2.75, 3.05) is 22.9 Å². The standard InChI is InChI=1S/C25H28N6O2/c1-16-27-9-18(10-28-16)17-5-6-21(25(2,3)4)22(7-17)31(15-32)24-12-26-11-23(29-24)30-13-19-8-20(14-30)33-19/h5-7,9-12,15,19-20H,8,13-14H2,1-4H3. The van der Waals surface area contributed by atoms with Crippen LogP contribution in [0, 0.1) is 6.92 Å². The summed E-state index contributed by atoms with van der Waals surface area (Å²) in [7, 11) is 0. The summed E-state index contributed by atoms with van der Waals surface area (Å²) in [5.41, 5.74) is 3.44. The van der Waals surface area contributed by atoms with Crippen molar-refractivity contribution in [3.05, 3.63) is 54.4 Å². The number of morpholine rings is 1. The summed E-state index contributed by atoms with van der Waals surface area (Å²) in [6, 6.07) is 6.11. The highest BCUT2D eigenvalue weighted by atomic mass is 16.5. The molecule has 8 heteroatoms. The number of ether oxygens (including phenoxy) is 1. The number of amides is 1. The number of hydrogen-bond donors (Lipinski definition) is 0. The highest BCUT2D eigenvalue weighted by Gasteiger charge is 2.39. The maximum absolute atomic E-state index is 12.4. The lowest BCUT2D eigenvalue weighted by atomic mass is 9.84. The molecule has 0 spiro atoms. The van der Waals surface area contributed by atoms with Crippen molar-refractivity contribution >= 4 is 23.7 Å². The Morgan fingerprint density at radius 1 is 1.06 bits per heavy atom. The second-order valence-corrected chi connectivity index (χ2v) is 9.73. The van der Waals surface area contributed by atoms with Gasteiger partial charge in [-0.15, -0.1) is 0 Å². The maximum atomic E-state index is 12.4. The predicted octanol–water partition coefficient (Wildman–Crippen LogP) is 3.81. The van der Waals surface area contributed by atoms with Gasteiger partial charge in [0, 0.05) is 37.5 Å². The molecule has 2 unspecified atom stereocenters. The summed E-state index contributed by atoms with van der Waals surface area (Å²) < 4.78 is 5.74. The first-order valence-corrected chi connectivity index (χ1v) is 11.2. The van der Waals surface area contributed by atoms with E-state index in [1.54, 1.807) is 29.7 Å². The molecule has 170 valence electrons. The van der Waals surface area contributed by atoms with Crippen molar-refractivity contribution in [1.82, 2.24) is 19.9 Å². The molecule has 8 nitrogen and oxygen atoms in total. The molecule has 6 rings (SSSR count). The Hall–Kier alpha value is -3.39. The molecule has 0 aliphatic carbocycles. The van der Waals surface area contributed by atoms with Gasteiger partial charge in [-0.05, 0) is 29.5 Å². The Kier molecular flexibility index (Phi) is 5.32. The SMILES string of the molecule is Cc1ncc(-c2ccc(C(C)(C)C)c(N(C=O)c3cncc(N4CC5CC(C4)O5)n3)c2)cn1. The van der Waals surface area contributed by atoms with Crippen molar-refractivity contribution < 1.29 is 9.53 Å². The Morgan fingerprint density at radius 3 is 2.39 bits per heavy atom. The van der Waals surface area contributed by atoms with Gasteiger partial charge in [0.05, 0.1) is 30.3 Å². The van der Waals surface area contributed by atoms with Crippen LogP contribution in [-0.4, -0.2) is 51.6 Å². The fourth-order valence-corrected chi connectivity index (χ4v) is 4.48. The lowest BCUT2D eigenvalue weighted by Gasteiger charge is -2.47. The normalized spacial score (nSPS) is 19.7. The van der Waals surface area contributed by atoms with Crippen LogP contribution in [0.3, 0.4) is 0 Å². The third-order valence-corrected chi connectivity index (χ3v) is 6.22. The van der Waals surface area contributed by atoms with Gasteiger partial charge in [-0.25, -0.2) is 15.0 Å². The Balaban J connectivity index is 1.55. The van der Waals surface area contributed by atoms with Gasteiger partial charge in [0.2, 0.25) is 6.41 Å². The molecular formula is C25H28N6O2. The fraction of sp³-hybridized carbons (Fsp3) is 0.400. The van der Waals surface area contributed by atoms with Crippen LogP contribution in [0.2, 0.25) is 0 Å². The van der Waals surface area contributed by atoms with Gasteiger partial charge in [-0.1, -0.05) is 32.9 Å². The summed E-state index contributed by atoms with van der Waals surface area (Å²) in [5.74, 6) is 1.97. The van der Waals surface area contributed by atoms with E-state index in [2.05, 4.69) is 46.7 Å². The molecule has 3 saturated heterocycles. The number of fused-ring (bicyclic) bond motifs is 2. The molecule has 2 bridgehead atoms. The second-order valence-electron chi connectivity index (χ2n) is 9.73. The third-order valence-electron chi connectivity index (χ3n) is 6.22. The van der Waals surface area contributed by atoms with Crippen molar-refractivity contribution in [3.8, 4) is 11.1 Å². The van der Waals surface area contributed by atoms with Crippen molar-refractivity contribution in [1.29, 1.82) is 0 Å². The summed E-state index contributed by atoms with van der Waals surface area (Å²) in [6.45, 7) is 9.84. The Labute approximate surface area is 193 Å². The molecule has 2 atom stereocenters. The average Bonchev–Trinajstić information content (AvgIpc) is 2.79. The molecule has 33 heavy (non-hydrogen) atoms. The quantitative estimate of drug-likeness (QED) is 0.553. The molecule has 1 amide bonds. The highest BCUT2D eigenvalue weighted by molar-refractivity contribution is 5.88.